The van der Waals surface area contributed by atoms with Crippen LogP contribution in [0.4, 0.5) is 22.9 Å². The Balaban J connectivity index is 1.74. The average molecular weight is 376 g/mol. The molecule has 0 spiro atoms. The summed E-state index contributed by atoms with van der Waals surface area (Å²) in [6, 6.07) is 17.7. The number of benzene rings is 2. The minimum absolute atomic E-state index is 0.176. The third-order valence-corrected chi connectivity index (χ3v) is 3.83. The Labute approximate surface area is 162 Å². The minimum Gasteiger partial charge on any atom is -0.495 e. The zero-order chi connectivity index (χ0) is 19.9. The van der Waals surface area contributed by atoms with Gasteiger partial charge in [-0.2, -0.15) is 0 Å². The van der Waals surface area contributed by atoms with E-state index in [0.717, 1.165) is 5.69 Å². The van der Waals surface area contributed by atoms with Gasteiger partial charge < -0.3 is 20.7 Å². The zero-order valence-electron chi connectivity index (χ0n) is 15.5. The standard InChI is InChI=1S/C21H20N4O3/c1-14(26)23-16-6-5-7-17(13-16)24-21(27)15-10-11-22-20(12-15)25-18-8-3-4-9-19(18)28-2/h3-13H,1-2H3,(H,22,25)(H,23,26)(H,24,27). The van der Waals surface area contributed by atoms with Crippen LogP contribution >= 0.6 is 0 Å². The molecule has 7 heteroatoms. The van der Waals surface area contributed by atoms with Crippen LogP contribution in [0.25, 0.3) is 0 Å². The number of carbonyl (C=O) groups excluding carboxylic acids is 2. The Hall–Kier alpha value is -3.87. The van der Waals surface area contributed by atoms with E-state index in [4.69, 9.17) is 4.74 Å². The number of anilines is 4. The predicted molar refractivity (Wildman–Crippen MR) is 109 cm³/mol. The number of nitrogens with one attached hydrogen (secondary N) is 3. The Morgan fingerprint density at radius 3 is 2.43 bits per heavy atom. The van der Waals surface area contributed by atoms with E-state index in [0.29, 0.717) is 28.5 Å². The number of hydrogen-bond acceptors (Lipinski definition) is 5. The van der Waals surface area contributed by atoms with Crippen molar-refractivity contribution in [3.05, 3.63) is 72.4 Å². The van der Waals surface area contributed by atoms with Crippen LogP contribution in [-0.2, 0) is 4.79 Å². The van der Waals surface area contributed by atoms with Crippen LogP contribution in [0.2, 0.25) is 0 Å². The number of amides is 2. The van der Waals surface area contributed by atoms with Gasteiger partial charge in [0, 0.05) is 30.1 Å². The normalized spacial score (nSPS) is 10.1. The van der Waals surface area contributed by atoms with E-state index in [-0.39, 0.29) is 11.8 Å². The molecule has 0 saturated heterocycles. The van der Waals surface area contributed by atoms with Crippen LogP contribution in [0, 0.1) is 0 Å². The summed E-state index contributed by atoms with van der Waals surface area (Å²) >= 11 is 0. The number of pyridine rings is 1. The molecule has 1 heterocycles. The van der Waals surface area contributed by atoms with Crippen molar-refractivity contribution >= 4 is 34.7 Å². The number of aromatic nitrogens is 1. The highest BCUT2D eigenvalue weighted by Gasteiger charge is 2.09. The highest BCUT2D eigenvalue weighted by Crippen LogP contribution is 2.26. The Kier molecular flexibility index (Phi) is 5.86. The van der Waals surface area contributed by atoms with Crippen molar-refractivity contribution in [1.29, 1.82) is 0 Å². The van der Waals surface area contributed by atoms with Crippen LogP contribution in [-0.4, -0.2) is 23.9 Å². The summed E-state index contributed by atoms with van der Waals surface area (Å²) in [5.41, 5.74) is 2.38. The van der Waals surface area contributed by atoms with Crippen LogP contribution in [0.3, 0.4) is 0 Å². The number of nitrogens with zero attached hydrogens (tertiary/aromatic N) is 1. The van der Waals surface area contributed by atoms with Crippen molar-refractivity contribution in [2.75, 3.05) is 23.1 Å². The second kappa shape index (κ2) is 8.68. The van der Waals surface area contributed by atoms with Crippen molar-refractivity contribution in [3.8, 4) is 5.75 Å². The van der Waals surface area contributed by atoms with Gasteiger partial charge in [0.15, 0.2) is 0 Å². The second-order valence-electron chi connectivity index (χ2n) is 5.97. The Morgan fingerprint density at radius 1 is 0.929 bits per heavy atom. The van der Waals surface area contributed by atoms with Crippen molar-refractivity contribution in [2.45, 2.75) is 6.92 Å². The van der Waals surface area contributed by atoms with E-state index in [1.54, 1.807) is 49.7 Å². The molecule has 7 nitrogen and oxygen atoms in total. The number of methoxy groups -OCH3 is 1. The molecule has 0 aliphatic carbocycles. The first-order valence-corrected chi connectivity index (χ1v) is 8.60. The van der Waals surface area contributed by atoms with Gasteiger partial charge in [-0.1, -0.05) is 18.2 Å². The fourth-order valence-electron chi connectivity index (χ4n) is 2.61. The van der Waals surface area contributed by atoms with Gasteiger partial charge in [-0.25, -0.2) is 4.98 Å². The number of para-hydroxylation sites is 2. The van der Waals surface area contributed by atoms with Crippen LogP contribution in [0.5, 0.6) is 5.75 Å². The van der Waals surface area contributed by atoms with E-state index < -0.39 is 0 Å². The highest BCUT2D eigenvalue weighted by molar-refractivity contribution is 6.05. The van der Waals surface area contributed by atoms with Gasteiger partial charge in [0.2, 0.25) is 5.91 Å². The van der Waals surface area contributed by atoms with E-state index in [1.165, 1.54) is 6.92 Å². The molecule has 3 rings (SSSR count). The molecule has 0 fully saturated rings. The molecular weight excluding hydrogens is 356 g/mol. The van der Waals surface area contributed by atoms with Gasteiger partial charge in [0.1, 0.15) is 11.6 Å². The number of hydrogen-bond donors (Lipinski definition) is 3. The molecule has 0 unspecified atom stereocenters. The zero-order valence-corrected chi connectivity index (χ0v) is 15.5. The third kappa shape index (κ3) is 4.85. The number of ether oxygens (including phenoxy) is 1. The van der Waals surface area contributed by atoms with Gasteiger partial charge in [0.25, 0.3) is 5.91 Å². The van der Waals surface area contributed by atoms with Crippen molar-refractivity contribution < 1.29 is 14.3 Å². The predicted octanol–water partition coefficient (Wildman–Crippen LogP) is 4.04. The van der Waals surface area contributed by atoms with Gasteiger partial charge in [-0.05, 0) is 42.5 Å². The first kappa shape index (κ1) is 18.9. The molecule has 0 radical (unpaired) electrons. The van der Waals surface area contributed by atoms with Crippen LogP contribution in [0.15, 0.2) is 66.9 Å². The molecule has 0 aliphatic heterocycles. The average Bonchev–Trinajstić information content (AvgIpc) is 2.68. The summed E-state index contributed by atoms with van der Waals surface area (Å²) in [4.78, 5) is 28.0. The second-order valence-corrected chi connectivity index (χ2v) is 5.97. The lowest BCUT2D eigenvalue weighted by Crippen LogP contribution is -2.13. The summed E-state index contributed by atoms with van der Waals surface area (Å²) in [6.07, 6.45) is 1.56. The summed E-state index contributed by atoms with van der Waals surface area (Å²) in [5, 5.41) is 8.65. The molecule has 3 aromatic rings. The monoisotopic (exact) mass is 376 g/mol. The van der Waals surface area contributed by atoms with Crippen molar-refractivity contribution in [2.24, 2.45) is 0 Å². The van der Waals surface area contributed by atoms with Gasteiger partial charge in [-0.15, -0.1) is 0 Å². The molecule has 28 heavy (non-hydrogen) atoms. The third-order valence-electron chi connectivity index (χ3n) is 3.83. The summed E-state index contributed by atoms with van der Waals surface area (Å²) < 4.78 is 5.31. The van der Waals surface area contributed by atoms with Crippen molar-refractivity contribution in [3.63, 3.8) is 0 Å². The molecule has 1 aromatic heterocycles. The highest BCUT2D eigenvalue weighted by atomic mass is 16.5. The first-order chi connectivity index (χ1) is 13.5. The maximum Gasteiger partial charge on any atom is 0.255 e. The fourth-order valence-corrected chi connectivity index (χ4v) is 2.61. The maximum absolute atomic E-state index is 12.6. The molecular formula is C21H20N4O3. The molecule has 2 aromatic carbocycles. The maximum atomic E-state index is 12.6. The van der Waals surface area contributed by atoms with E-state index in [9.17, 15) is 9.59 Å². The Bertz CT molecular complexity index is 1000. The summed E-state index contributed by atoms with van der Waals surface area (Å²) in [5.74, 6) is 0.730. The lowest BCUT2D eigenvalue weighted by Gasteiger charge is -2.11. The van der Waals surface area contributed by atoms with Crippen molar-refractivity contribution in [1.82, 2.24) is 4.98 Å². The first-order valence-electron chi connectivity index (χ1n) is 8.60. The fraction of sp³-hybridized carbons (Fsp3) is 0.0952. The lowest BCUT2D eigenvalue weighted by atomic mass is 10.2. The molecule has 0 bridgehead atoms. The quantitative estimate of drug-likeness (QED) is 0.604. The summed E-state index contributed by atoms with van der Waals surface area (Å²) in [7, 11) is 1.59. The van der Waals surface area contributed by atoms with Gasteiger partial charge in [0.05, 0.1) is 12.8 Å². The van der Waals surface area contributed by atoms with Crippen LogP contribution < -0.4 is 20.7 Å². The van der Waals surface area contributed by atoms with Gasteiger partial charge >= 0.3 is 0 Å². The van der Waals surface area contributed by atoms with E-state index in [1.807, 2.05) is 24.3 Å². The van der Waals surface area contributed by atoms with Crippen LogP contribution in [0.1, 0.15) is 17.3 Å². The molecule has 2 amide bonds. The van der Waals surface area contributed by atoms with E-state index in [2.05, 4.69) is 20.9 Å². The molecule has 0 saturated carbocycles. The summed E-state index contributed by atoms with van der Waals surface area (Å²) in [6.45, 7) is 1.43. The Morgan fingerprint density at radius 2 is 1.68 bits per heavy atom. The number of rotatable bonds is 6. The molecule has 0 aliphatic rings. The SMILES string of the molecule is COc1ccccc1Nc1cc(C(=O)Nc2cccc(NC(C)=O)c2)ccn1. The molecule has 142 valence electrons. The number of carbonyl (C=O) groups is 2. The largest absolute Gasteiger partial charge is 0.495 e. The topological polar surface area (TPSA) is 92.4 Å². The molecule has 0 atom stereocenters. The van der Waals surface area contributed by atoms with Gasteiger partial charge in [-0.3, -0.25) is 9.59 Å². The lowest BCUT2D eigenvalue weighted by molar-refractivity contribution is -0.114. The minimum atomic E-state index is -0.287. The smallest absolute Gasteiger partial charge is 0.255 e. The molecule has 3 N–H and O–H groups in total. The van der Waals surface area contributed by atoms with E-state index >= 15 is 0 Å².